The second-order valence-corrected chi connectivity index (χ2v) is 5.62. The van der Waals surface area contributed by atoms with E-state index in [1.807, 2.05) is 18.2 Å². The minimum absolute atomic E-state index is 0.149. The minimum Gasteiger partial charge on any atom is -0.379 e. The Morgan fingerprint density at radius 1 is 1.33 bits per heavy atom. The number of hydrogen-bond acceptors (Lipinski definition) is 3. The number of benzene rings is 1. The Labute approximate surface area is 126 Å². The van der Waals surface area contributed by atoms with Gasteiger partial charge in [0.15, 0.2) is 0 Å². The van der Waals surface area contributed by atoms with Gasteiger partial charge in [-0.1, -0.05) is 26.0 Å². The van der Waals surface area contributed by atoms with Crippen LogP contribution in [0.4, 0.5) is 10.5 Å². The summed E-state index contributed by atoms with van der Waals surface area (Å²) in [6.07, 6.45) is 0. The fourth-order valence-corrected chi connectivity index (χ4v) is 2.30. The molecule has 0 aliphatic carbocycles. The van der Waals surface area contributed by atoms with E-state index in [2.05, 4.69) is 35.4 Å². The van der Waals surface area contributed by atoms with E-state index in [1.165, 1.54) is 5.56 Å². The normalized spacial score (nSPS) is 16.0. The number of nitrogens with one attached hydrogen (secondary N) is 2. The number of carbonyl (C=O) groups is 1. The summed E-state index contributed by atoms with van der Waals surface area (Å²) in [7, 11) is 0. The van der Waals surface area contributed by atoms with Crippen molar-refractivity contribution in [3.63, 3.8) is 0 Å². The largest absolute Gasteiger partial charge is 0.379 e. The highest BCUT2D eigenvalue weighted by molar-refractivity contribution is 5.89. The van der Waals surface area contributed by atoms with Gasteiger partial charge in [-0.25, -0.2) is 4.79 Å². The minimum atomic E-state index is -0.149. The van der Waals surface area contributed by atoms with E-state index >= 15 is 0 Å². The third-order valence-corrected chi connectivity index (χ3v) is 3.63. The molecule has 2 rings (SSSR count). The third kappa shape index (κ3) is 5.36. The SMILES string of the molecule is CC(C)c1cccc(NC(=O)NCCN2CCOCC2)c1. The van der Waals surface area contributed by atoms with Crippen LogP contribution in [0.25, 0.3) is 0 Å². The monoisotopic (exact) mass is 291 g/mol. The number of carbonyl (C=O) groups excluding carboxylic acids is 1. The second-order valence-electron chi connectivity index (χ2n) is 5.62. The molecule has 2 amide bonds. The molecule has 1 heterocycles. The number of urea groups is 1. The highest BCUT2D eigenvalue weighted by Crippen LogP contribution is 2.18. The van der Waals surface area contributed by atoms with Crippen LogP contribution in [0.1, 0.15) is 25.3 Å². The summed E-state index contributed by atoms with van der Waals surface area (Å²) in [6, 6.07) is 7.83. The van der Waals surface area contributed by atoms with Crippen LogP contribution in [0.15, 0.2) is 24.3 Å². The van der Waals surface area contributed by atoms with Crippen LogP contribution in [0.5, 0.6) is 0 Å². The molecule has 0 saturated carbocycles. The van der Waals surface area contributed by atoms with E-state index in [0.29, 0.717) is 12.5 Å². The van der Waals surface area contributed by atoms with Gasteiger partial charge in [0.25, 0.3) is 0 Å². The zero-order valence-electron chi connectivity index (χ0n) is 12.9. The van der Waals surface area contributed by atoms with E-state index in [0.717, 1.165) is 38.5 Å². The van der Waals surface area contributed by atoms with Crippen LogP contribution in [0.3, 0.4) is 0 Å². The smallest absolute Gasteiger partial charge is 0.319 e. The molecule has 5 nitrogen and oxygen atoms in total. The summed E-state index contributed by atoms with van der Waals surface area (Å²) in [6.45, 7) is 9.25. The molecule has 1 aliphatic rings. The van der Waals surface area contributed by atoms with Crippen molar-refractivity contribution in [2.75, 3.05) is 44.7 Å². The molecule has 1 fully saturated rings. The number of anilines is 1. The third-order valence-electron chi connectivity index (χ3n) is 3.63. The maximum atomic E-state index is 11.9. The first-order valence-electron chi connectivity index (χ1n) is 7.60. The van der Waals surface area contributed by atoms with Crippen molar-refractivity contribution in [2.45, 2.75) is 19.8 Å². The molecule has 21 heavy (non-hydrogen) atoms. The molecule has 1 aliphatic heterocycles. The Hall–Kier alpha value is -1.59. The van der Waals surface area contributed by atoms with Gasteiger partial charge in [-0.3, -0.25) is 4.90 Å². The molecule has 0 aromatic heterocycles. The fourth-order valence-electron chi connectivity index (χ4n) is 2.30. The maximum Gasteiger partial charge on any atom is 0.319 e. The van der Waals surface area contributed by atoms with Crippen molar-refractivity contribution >= 4 is 11.7 Å². The zero-order valence-corrected chi connectivity index (χ0v) is 12.9. The van der Waals surface area contributed by atoms with Crippen molar-refractivity contribution < 1.29 is 9.53 Å². The molecule has 1 aromatic carbocycles. The molecule has 0 atom stereocenters. The molecular formula is C16H25N3O2. The zero-order chi connectivity index (χ0) is 15.1. The van der Waals surface area contributed by atoms with Crippen molar-refractivity contribution in [1.29, 1.82) is 0 Å². The first kappa shape index (κ1) is 15.8. The van der Waals surface area contributed by atoms with Gasteiger partial charge in [-0.2, -0.15) is 0 Å². The number of nitrogens with zero attached hydrogens (tertiary/aromatic N) is 1. The number of amides is 2. The van der Waals surface area contributed by atoms with Crippen molar-refractivity contribution in [1.82, 2.24) is 10.2 Å². The van der Waals surface area contributed by atoms with E-state index in [-0.39, 0.29) is 6.03 Å². The highest BCUT2D eigenvalue weighted by atomic mass is 16.5. The van der Waals surface area contributed by atoms with Crippen LogP contribution in [-0.2, 0) is 4.74 Å². The van der Waals surface area contributed by atoms with Gasteiger partial charge < -0.3 is 15.4 Å². The average Bonchev–Trinajstić information content (AvgIpc) is 2.48. The molecule has 5 heteroatoms. The van der Waals surface area contributed by atoms with Crippen LogP contribution in [0.2, 0.25) is 0 Å². The topological polar surface area (TPSA) is 53.6 Å². The van der Waals surface area contributed by atoms with Gasteiger partial charge in [-0.15, -0.1) is 0 Å². The molecule has 116 valence electrons. The molecular weight excluding hydrogens is 266 g/mol. The standard InChI is InChI=1S/C16H25N3O2/c1-13(2)14-4-3-5-15(12-14)18-16(20)17-6-7-19-8-10-21-11-9-19/h3-5,12-13H,6-11H2,1-2H3,(H2,17,18,20). The van der Waals surface area contributed by atoms with Crippen molar-refractivity contribution in [2.24, 2.45) is 0 Å². The summed E-state index contributed by atoms with van der Waals surface area (Å²) in [5.41, 5.74) is 2.06. The Bertz CT molecular complexity index is 457. The number of rotatable bonds is 5. The Morgan fingerprint density at radius 2 is 2.10 bits per heavy atom. The quantitative estimate of drug-likeness (QED) is 0.875. The lowest BCUT2D eigenvalue weighted by Crippen LogP contribution is -2.42. The van der Waals surface area contributed by atoms with Gasteiger partial charge in [0.1, 0.15) is 0 Å². The molecule has 0 spiro atoms. The van der Waals surface area contributed by atoms with E-state index in [9.17, 15) is 4.79 Å². The van der Waals surface area contributed by atoms with Crippen LogP contribution in [0, 0.1) is 0 Å². The lowest BCUT2D eigenvalue weighted by molar-refractivity contribution is 0.0388. The average molecular weight is 291 g/mol. The Morgan fingerprint density at radius 3 is 2.81 bits per heavy atom. The van der Waals surface area contributed by atoms with Crippen molar-refractivity contribution in [3.05, 3.63) is 29.8 Å². The summed E-state index contributed by atoms with van der Waals surface area (Å²) in [5, 5.41) is 5.78. The van der Waals surface area contributed by atoms with E-state index < -0.39 is 0 Å². The number of ether oxygens (including phenoxy) is 1. The lowest BCUT2D eigenvalue weighted by atomic mass is 10.0. The summed E-state index contributed by atoms with van der Waals surface area (Å²) in [4.78, 5) is 14.2. The molecule has 2 N–H and O–H groups in total. The summed E-state index contributed by atoms with van der Waals surface area (Å²) >= 11 is 0. The predicted molar refractivity (Wildman–Crippen MR) is 84.8 cm³/mol. The van der Waals surface area contributed by atoms with Crippen LogP contribution in [-0.4, -0.2) is 50.3 Å². The van der Waals surface area contributed by atoms with E-state index in [4.69, 9.17) is 4.74 Å². The van der Waals surface area contributed by atoms with Crippen LogP contribution < -0.4 is 10.6 Å². The summed E-state index contributed by atoms with van der Waals surface area (Å²) < 4.78 is 5.30. The second kappa shape index (κ2) is 8.00. The van der Waals surface area contributed by atoms with Gasteiger partial charge in [-0.05, 0) is 23.6 Å². The summed E-state index contributed by atoms with van der Waals surface area (Å²) in [5.74, 6) is 0.455. The lowest BCUT2D eigenvalue weighted by Gasteiger charge is -2.26. The first-order chi connectivity index (χ1) is 10.1. The van der Waals surface area contributed by atoms with Gasteiger partial charge in [0.2, 0.25) is 0 Å². The molecule has 0 unspecified atom stereocenters. The van der Waals surface area contributed by atoms with Gasteiger partial charge >= 0.3 is 6.03 Å². The molecule has 1 aromatic rings. The Balaban J connectivity index is 1.72. The molecule has 0 bridgehead atoms. The number of hydrogen-bond donors (Lipinski definition) is 2. The van der Waals surface area contributed by atoms with Crippen molar-refractivity contribution in [3.8, 4) is 0 Å². The van der Waals surface area contributed by atoms with Gasteiger partial charge in [0, 0.05) is 31.9 Å². The molecule has 0 radical (unpaired) electrons. The van der Waals surface area contributed by atoms with E-state index in [1.54, 1.807) is 0 Å². The molecule has 1 saturated heterocycles. The Kier molecular flexibility index (Phi) is 6.02. The fraction of sp³-hybridized carbons (Fsp3) is 0.562. The maximum absolute atomic E-state index is 11.9. The first-order valence-corrected chi connectivity index (χ1v) is 7.60. The predicted octanol–water partition coefficient (Wildman–Crippen LogP) is 2.26. The highest BCUT2D eigenvalue weighted by Gasteiger charge is 2.10. The van der Waals surface area contributed by atoms with Gasteiger partial charge in [0.05, 0.1) is 13.2 Å². The van der Waals surface area contributed by atoms with Crippen LogP contribution >= 0.6 is 0 Å². The number of morpholine rings is 1.